The first-order valence-electron chi connectivity index (χ1n) is 9.22. The third kappa shape index (κ3) is 6.77. The van der Waals surface area contributed by atoms with Crippen LogP contribution in [0.3, 0.4) is 0 Å². The number of carbonyl (C=O) groups is 1. The fourth-order valence-electron chi connectivity index (χ4n) is 3.48. The van der Waals surface area contributed by atoms with Gasteiger partial charge in [0.15, 0.2) is 0 Å². The van der Waals surface area contributed by atoms with Crippen molar-refractivity contribution >= 4 is 5.91 Å². The Kier molecular flexibility index (Phi) is 7.88. The zero-order valence-corrected chi connectivity index (χ0v) is 15.8. The number of aliphatic hydroxyl groups excluding tert-OH is 1. The van der Waals surface area contributed by atoms with E-state index in [0.29, 0.717) is 19.6 Å². The van der Waals surface area contributed by atoms with E-state index in [0.717, 1.165) is 32.4 Å². The number of hydrogen-bond acceptors (Lipinski definition) is 4. The normalized spacial score (nSPS) is 17.4. The van der Waals surface area contributed by atoms with Gasteiger partial charge in [0.25, 0.3) is 0 Å². The Labute approximate surface area is 151 Å². The van der Waals surface area contributed by atoms with Gasteiger partial charge in [-0.05, 0) is 44.2 Å². The molecule has 140 valence electrons. The summed E-state index contributed by atoms with van der Waals surface area (Å²) in [7, 11) is 1.60. The molecule has 1 heterocycles. The molecule has 2 rings (SSSR count). The van der Waals surface area contributed by atoms with Gasteiger partial charge in [-0.25, -0.2) is 0 Å². The molecule has 2 N–H and O–H groups in total. The monoisotopic (exact) mass is 348 g/mol. The molecule has 1 aromatic rings. The van der Waals surface area contributed by atoms with E-state index < -0.39 is 6.10 Å². The molecule has 0 radical (unpaired) electrons. The van der Waals surface area contributed by atoms with Crippen LogP contribution in [0, 0.1) is 13.8 Å². The van der Waals surface area contributed by atoms with E-state index in [-0.39, 0.29) is 11.9 Å². The number of aliphatic hydroxyl groups is 1. The number of hydrogen-bond donors (Lipinski definition) is 2. The third-order valence-electron chi connectivity index (χ3n) is 4.90. The topological polar surface area (TPSA) is 61.8 Å². The van der Waals surface area contributed by atoms with Gasteiger partial charge in [-0.15, -0.1) is 0 Å². The van der Waals surface area contributed by atoms with Crippen molar-refractivity contribution in [1.29, 1.82) is 0 Å². The van der Waals surface area contributed by atoms with Crippen LogP contribution in [0.1, 0.15) is 36.0 Å². The van der Waals surface area contributed by atoms with E-state index in [4.69, 9.17) is 4.74 Å². The van der Waals surface area contributed by atoms with E-state index in [2.05, 4.69) is 42.3 Å². The molecule has 1 aliphatic heterocycles. The number of aryl methyl sites for hydroxylation is 3. The van der Waals surface area contributed by atoms with Gasteiger partial charge < -0.3 is 20.1 Å². The second kappa shape index (κ2) is 9.90. The minimum Gasteiger partial charge on any atom is -0.389 e. The van der Waals surface area contributed by atoms with E-state index in [1.807, 2.05) is 0 Å². The molecule has 0 aliphatic carbocycles. The SMILES string of the molecule is COCC(O)CN1CCC(NC(=O)CCc2ccc(C)cc2C)CC1. The highest BCUT2D eigenvalue weighted by Gasteiger charge is 2.22. The minimum absolute atomic E-state index is 0.137. The Morgan fingerprint density at radius 2 is 2.08 bits per heavy atom. The number of nitrogens with zero attached hydrogens (tertiary/aromatic N) is 1. The molecule has 1 atom stereocenters. The Bertz CT molecular complexity index is 554. The molecule has 1 aliphatic rings. The van der Waals surface area contributed by atoms with Gasteiger partial charge in [0.05, 0.1) is 12.7 Å². The predicted octanol–water partition coefficient (Wildman–Crippen LogP) is 1.82. The first-order valence-corrected chi connectivity index (χ1v) is 9.22. The van der Waals surface area contributed by atoms with Crippen molar-refractivity contribution in [3.8, 4) is 0 Å². The van der Waals surface area contributed by atoms with Gasteiger partial charge in [-0.1, -0.05) is 23.8 Å². The number of carbonyl (C=O) groups excluding carboxylic acids is 1. The van der Waals surface area contributed by atoms with Crippen molar-refractivity contribution in [3.63, 3.8) is 0 Å². The van der Waals surface area contributed by atoms with Crippen LogP contribution in [-0.2, 0) is 16.0 Å². The lowest BCUT2D eigenvalue weighted by molar-refractivity contribution is -0.122. The summed E-state index contributed by atoms with van der Waals surface area (Å²) < 4.78 is 4.96. The Morgan fingerprint density at radius 1 is 1.36 bits per heavy atom. The first kappa shape index (κ1) is 19.9. The number of nitrogens with one attached hydrogen (secondary N) is 1. The van der Waals surface area contributed by atoms with Gasteiger partial charge >= 0.3 is 0 Å². The first-order chi connectivity index (χ1) is 12.0. The zero-order chi connectivity index (χ0) is 18.2. The highest BCUT2D eigenvalue weighted by molar-refractivity contribution is 5.76. The second-order valence-corrected chi connectivity index (χ2v) is 7.18. The lowest BCUT2D eigenvalue weighted by atomic mass is 10.0. The van der Waals surface area contributed by atoms with Crippen LogP contribution >= 0.6 is 0 Å². The summed E-state index contributed by atoms with van der Waals surface area (Å²) in [6.07, 6.45) is 2.77. The van der Waals surface area contributed by atoms with Gasteiger partial charge in [0, 0.05) is 39.2 Å². The molecule has 5 heteroatoms. The van der Waals surface area contributed by atoms with Crippen LogP contribution in [0.4, 0.5) is 0 Å². The van der Waals surface area contributed by atoms with E-state index >= 15 is 0 Å². The Hall–Kier alpha value is -1.43. The average Bonchev–Trinajstić information content (AvgIpc) is 2.56. The zero-order valence-electron chi connectivity index (χ0n) is 15.8. The van der Waals surface area contributed by atoms with Gasteiger partial charge in [0.1, 0.15) is 0 Å². The summed E-state index contributed by atoms with van der Waals surface area (Å²) in [6.45, 7) is 7.01. The van der Waals surface area contributed by atoms with Crippen molar-refractivity contribution in [2.24, 2.45) is 0 Å². The fraction of sp³-hybridized carbons (Fsp3) is 0.650. The summed E-state index contributed by atoms with van der Waals surface area (Å²) in [4.78, 5) is 14.5. The van der Waals surface area contributed by atoms with Crippen LogP contribution in [-0.4, -0.2) is 61.4 Å². The van der Waals surface area contributed by atoms with Gasteiger partial charge in [-0.2, -0.15) is 0 Å². The van der Waals surface area contributed by atoms with Crippen molar-refractivity contribution in [1.82, 2.24) is 10.2 Å². The third-order valence-corrected chi connectivity index (χ3v) is 4.90. The van der Waals surface area contributed by atoms with Crippen molar-refractivity contribution in [2.75, 3.05) is 33.4 Å². The highest BCUT2D eigenvalue weighted by Crippen LogP contribution is 2.14. The van der Waals surface area contributed by atoms with Crippen LogP contribution in [0.15, 0.2) is 18.2 Å². The minimum atomic E-state index is -0.436. The van der Waals surface area contributed by atoms with E-state index in [1.165, 1.54) is 16.7 Å². The fourth-order valence-corrected chi connectivity index (χ4v) is 3.48. The Balaban J connectivity index is 1.68. The number of rotatable bonds is 8. The van der Waals surface area contributed by atoms with Gasteiger partial charge in [0.2, 0.25) is 5.91 Å². The number of ether oxygens (including phenoxy) is 1. The Morgan fingerprint density at radius 3 is 2.72 bits per heavy atom. The molecule has 0 bridgehead atoms. The standard InChI is InChI=1S/C20H32N2O3/c1-15-4-5-17(16(2)12-15)6-7-20(24)21-18-8-10-22(11-9-18)13-19(23)14-25-3/h4-5,12,18-19,23H,6-11,13-14H2,1-3H3,(H,21,24). The van der Waals surface area contributed by atoms with Crippen molar-refractivity contribution in [3.05, 3.63) is 34.9 Å². The molecule has 5 nitrogen and oxygen atoms in total. The number of piperidine rings is 1. The molecule has 1 unspecified atom stereocenters. The van der Waals surface area contributed by atoms with Crippen LogP contribution in [0.25, 0.3) is 0 Å². The summed E-state index contributed by atoms with van der Waals surface area (Å²) in [5, 5.41) is 13.0. The summed E-state index contributed by atoms with van der Waals surface area (Å²) >= 11 is 0. The smallest absolute Gasteiger partial charge is 0.220 e. The largest absolute Gasteiger partial charge is 0.389 e. The molecular weight excluding hydrogens is 316 g/mol. The number of amides is 1. The van der Waals surface area contributed by atoms with Crippen LogP contribution in [0.2, 0.25) is 0 Å². The van der Waals surface area contributed by atoms with Crippen molar-refractivity contribution in [2.45, 2.75) is 51.7 Å². The molecule has 1 aromatic carbocycles. The van der Waals surface area contributed by atoms with Gasteiger partial charge in [-0.3, -0.25) is 4.79 Å². The van der Waals surface area contributed by atoms with Crippen LogP contribution < -0.4 is 5.32 Å². The maximum absolute atomic E-state index is 12.2. The number of β-amino-alcohol motifs (C(OH)–C–C–N with tert-alkyl or cyclic N) is 1. The summed E-state index contributed by atoms with van der Waals surface area (Å²) in [5.41, 5.74) is 3.77. The highest BCUT2D eigenvalue weighted by atomic mass is 16.5. The average molecular weight is 348 g/mol. The summed E-state index contributed by atoms with van der Waals surface area (Å²) in [6, 6.07) is 6.65. The second-order valence-electron chi connectivity index (χ2n) is 7.18. The lowest BCUT2D eigenvalue weighted by Gasteiger charge is -2.33. The number of benzene rings is 1. The molecule has 0 saturated carbocycles. The maximum Gasteiger partial charge on any atom is 0.220 e. The maximum atomic E-state index is 12.2. The molecule has 0 aromatic heterocycles. The quantitative estimate of drug-likeness (QED) is 0.752. The lowest BCUT2D eigenvalue weighted by Crippen LogP contribution is -2.47. The summed E-state index contributed by atoms with van der Waals surface area (Å²) in [5.74, 6) is 0.137. The molecule has 1 saturated heterocycles. The molecule has 25 heavy (non-hydrogen) atoms. The molecule has 0 spiro atoms. The number of methoxy groups -OCH3 is 1. The van der Waals surface area contributed by atoms with E-state index in [1.54, 1.807) is 7.11 Å². The number of likely N-dealkylation sites (tertiary alicyclic amines) is 1. The van der Waals surface area contributed by atoms with Crippen molar-refractivity contribution < 1.29 is 14.6 Å². The van der Waals surface area contributed by atoms with E-state index in [9.17, 15) is 9.90 Å². The molecular formula is C20H32N2O3. The molecule has 1 fully saturated rings. The van der Waals surface area contributed by atoms with Crippen LogP contribution in [0.5, 0.6) is 0 Å². The molecule has 1 amide bonds. The predicted molar refractivity (Wildman–Crippen MR) is 99.7 cm³/mol.